The van der Waals surface area contributed by atoms with E-state index >= 15 is 0 Å². The van der Waals surface area contributed by atoms with Crippen molar-refractivity contribution in [2.24, 2.45) is 0 Å². The molecule has 1 heterocycles. The number of aromatic nitrogens is 2. The molecule has 0 saturated carbocycles. The second-order valence-corrected chi connectivity index (χ2v) is 10.9. The molecular weight excluding hydrogens is 528 g/mol. The summed E-state index contributed by atoms with van der Waals surface area (Å²) in [4.78, 5) is 35.4. The lowest BCUT2D eigenvalue weighted by Crippen LogP contribution is -2.24. The first kappa shape index (κ1) is 30.4. The molecular formula is C35H38N2O5. The summed E-state index contributed by atoms with van der Waals surface area (Å²) in [7, 11) is 0. The Bertz CT molecular complexity index is 1510. The highest BCUT2D eigenvalue weighted by molar-refractivity contribution is 5.99. The predicted molar refractivity (Wildman–Crippen MR) is 163 cm³/mol. The lowest BCUT2D eigenvalue weighted by molar-refractivity contribution is 0.00701. The average molecular weight is 567 g/mol. The maximum absolute atomic E-state index is 13.2. The van der Waals surface area contributed by atoms with E-state index in [1.165, 1.54) is 0 Å². The minimum absolute atomic E-state index is 0.179. The minimum Gasteiger partial charge on any atom is -0.472 e. The van der Waals surface area contributed by atoms with E-state index in [0.717, 1.165) is 35.1 Å². The number of hydrogen-bond acceptors (Lipinski definition) is 7. The van der Waals surface area contributed by atoms with E-state index in [2.05, 4.69) is 11.9 Å². The van der Waals surface area contributed by atoms with Gasteiger partial charge in [-0.3, -0.25) is 0 Å². The third-order valence-corrected chi connectivity index (χ3v) is 6.39. The minimum atomic E-state index is -0.592. The SMILES string of the molecule is CCCCc1nc(OCc2ccc(-c3ccccc3C(=O)OC(C)(C)C)cc2)c(C(=O)OCC)c(-c2ccccc2)n1. The first-order valence-corrected chi connectivity index (χ1v) is 14.4. The van der Waals surface area contributed by atoms with Crippen LogP contribution in [0.2, 0.25) is 0 Å². The standard InChI is InChI=1S/C35H38N2O5/c1-6-8-18-29-36-31(26-14-10-9-11-15-26)30(34(39)40-7-2)32(37-29)41-23-24-19-21-25(22-20-24)27-16-12-13-17-28(27)33(38)42-35(3,4)5/h9-17,19-22H,6-8,18,23H2,1-5H3. The van der Waals surface area contributed by atoms with Crippen molar-refractivity contribution < 1.29 is 23.8 Å². The molecule has 0 atom stereocenters. The zero-order valence-electron chi connectivity index (χ0n) is 25.0. The van der Waals surface area contributed by atoms with E-state index in [1.54, 1.807) is 13.0 Å². The van der Waals surface area contributed by atoms with E-state index in [4.69, 9.17) is 19.2 Å². The van der Waals surface area contributed by atoms with Crippen LogP contribution in [0.4, 0.5) is 0 Å². The van der Waals surface area contributed by atoms with Gasteiger partial charge in [0.05, 0.1) is 17.9 Å². The first-order chi connectivity index (χ1) is 20.2. The van der Waals surface area contributed by atoms with Gasteiger partial charge in [0, 0.05) is 12.0 Å². The smallest absolute Gasteiger partial charge is 0.345 e. The van der Waals surface area contributed by atoms with Crippen LogP contribution in [-0.2, 0) is 22.5 Å². The van der Waals surface area contributed by atoms with Crippen molar-refractivity contribution in [3.63, 3.8) is 0 Å². The van der Waals surface area contributed by atoms with Crippen LogP contribution in [0.5, 0.6) is 5.88 Å². The van der Waals surface area contributed by atoms with Gasteiger partial charge in [0.1, 0.15) is 23.6 Å². The van der Waals surface area contributed by atoms with Crippen molar-refractivity contribution in [2.75, 3.05) is 6.61 Å². The maximum Gasteiger partial charge on any atom is 0.345 e. The molecule has 1 aromatic heterocycles. The third kappa shape index (κ3) is 7.81. The van der Waals surface area contributed by atoms with Gasteiger partial charge in [-0.15, -0.1) is 0 Å². The Morgan fingerprint density at radius 3 is 2.14 bits per heavy atom. The number of ether oxygens (including phenoxy) is 3. The molecule has 218 valence electrons. The van der Waals surface area contributed by atoms with Gasteiger partial charge >= 0.3 is 11.9 Å². The van der Waals surface area contributed by atoms with Crippen LogP contribution in [0.15, 0.2) is 78.9 Å². The number of esters is 2. The number of carbonyl (C=O) groups is 2. The fraction of sp³-hybridized carbons (Fsp3) is 0.314. The number of nitrogens with zero attached hydrogens (tertiary/aromatic N) is 2. The molecule has 0 radical (unpaired) electrons. The second-order valence-electron chi connectivity index (χ2n) is 10.9. The van der Waals surface area contributed by atoms with Crippen LogP contribution in [0.1, 0.15) is 79.6 Å². The summed E-state index contributed by atoms with van der Waals surface area (Å²) in [5.41, 5.74) is 3.95. The number of aryl methyl sites for hydroxylation is 1. The molecule has 0 aliphatic heterocycles. The third-order valence-electron chi connectivity index (χ3n) is 6.39. The summed E-state index contributed by atoms with van der Waals surface area (Å²) >= 11 is 0. The number of rotatable bonds is 11. The number of carbonyl (C=O) groups excluding carboxylic acids is 2. The van der Waals surface area contributed by atoms with Crippen LogP contribution in [0.3, 0.4) is 0 Å². The summed E-state index contributed by atoms with van der Waals surface area (Å²) in [5, 5.41) is 0. The highest BCUT2D eigenvalue weighted by Crippen LogP contribution is 2.31. The number of hydrogen-bond donors (Lipinski definition) is 0. The Morgan fingerprint density at radius 1 is 0.786 bits per heavy atom. The van der Waals surface area contributed by atoms with Crippen molar-refractivity contribution in [1.82, 2.24) is 9.97 Å². The molecule has 0 unspecified atom stereocenters. The molecule has 0 amide bonds. The Hall–Kier alpha value is -4.52. The summed E-state index contributed by atoms with van der Waals surface area (Å²) in [6, 6.07) is 24.7. The summed E-state index contributed by atoms with van der Waals surface area (Å²) in [6.07, 6.45) is 2.57. The van der Waals surface area contributed by atoms with E-state index in [0.29, 0.717) is 23.5 Å². The largest absolute Gasteiger partial charge is 0.472 e. The van der Waals surface area contributed by atoms with Gasteiger partial charge in [0.25, 0.3) is 0 Å². The molecule has 0 bridgehead atoms. The molecule has 0 aliphatic rings. The summed E-state index contributed by atoms with van der Waals surface area (Å²) < 4.78 is 17.2. The van der Waals surface area contributed by atoms with E-state index < -0.39 is 11.6 Å². The molecule has 7 heteroatoms. The molecule has 7 nitrogen and oxygen atoms in total. The zero-order chi connectivity index (χ0) is 30.1. The molecule has 3 aromatic carbocycles. The second kappa shape index (κ2) is 13.9. The lowest BCUT2D eigenvalue weighted by atomic mass is 9.98. The summed E-state index contributed by atoms with van der Waals surface area (Å²) in [6.45, 7) is 9.82. The van der Waals surface area contributed by atoms with Gasteiger partial charge in [-0.05, 0) is 56.9 Å². The van der Waals surface area contributed by atoms with Gasteiger partial charge in [-0.2, -0.15) is 4.98 Å². The number of unbranched alkanes of at least 4 members (excludes halogenated alkanes) is 1. The first-order valence-electron chi connectivity index (χ1n) is 14.4. The molecule has 0 spiro atoms. The van der Waals surface area contributed by atoms with Crippen molar-refractivity contribution in [2.45, 2.75) is 66.1 Å². The topological polar surface area (TPSA) is 87.6 Å². The van der Waals surface area contributed by atoms with Crippen LogP contribution in [-0.4, -0.2) is 34.1 Å². The van der Waals surface area contributed by atoms with E-state index in [1.807, 2.05) is 93.6 Å². The van der Waals surface area contributed by atoms with Crippen molar-refractivity contribution in [3.8, 4) is 28.3 Å². The van der Waals surface area contributed by atoms with Crippen molar-refractivity contribution in [3.05, 3.63) is 101 Å². The molecule has 0 fully saturated rings. The van der Waals surface area contributed by atoms with Crippen LogP contribution in [0, 0.1) is 0 Å². The highest BCUT2D eigenvalue weighted by Gasteiger charge is 2.25. The van der Waals surface area contributed by atoms with Crippen molar-refractivity contribution in [1.29, 1.82) is 0 Å². The van der Waals surface area contributed by atoms with Gasteiger partial charge in [-0.1, -0.05) is 86.1 Å². The molecule has 0 saturated heterocycles. The maximum atomic E-state index is 13.2. The van der Waals surface area contributed by atoms with Gasteiger partial charge in [0.15, 0.2) is 0 Å². The molecule has 42 heavy (non-hydrogen) atoms. The van der Waals surface area contributed by atoms with Crippen LogP contribution in [0.25, 0.3) is 22.4 Å². The van der Waals surface area contributed by atoms with Gasteiger partial charge < -0.3 is 14.2 Å². The highest BCUT2D eigenvalue weighted by atomic mass is 16.6. The lowest BCUT2D eigenvalue weighted by Gasteiger charge is -2.20. The average Bonchev–Trinajstić information content (AvgIpc) is 2.98. The molecule has 0 aliphatic carbocycles. The Kier molecular flexibility index (Phi) is 10.1. The van der Waals surface area contributed by atoms with Gasteiger partial charge in [0.2, 0.25) is 5.88 Å². The molecule has 0 N–H and O–H groups in total. The predicted octanol–water partition coefficient (Wildman–Crippen LogP) is 7.86. The molecule has 4 aromatic rings. The zero-order valence-corrected chi connectivity index (χ0v) is 25.0. The van der Waals surface area contributed by atoms with E-state index in [-0.39, 0.29) is 30.6 Å². The Morgan fingerprint density at radius 2 is 1.48 bits per heavy atom. The van der Waals surface area contributed by atoms with Crippen LogP contribution >= 0.6 is 0 Å². The fourth-order valence-electron chi connectivity index (χ4n) is 4.41. The van der Waals surface area contributed by atoms with E-state index in [9.17, 15) is 9.59 Å². The Labute approximate surface area is 247 Å². The fourth-order valence-corrected chi connectivity index (χ4v) is 4.41. The Balaban J connectivity index is 1.64. The van der Waals surface area contributed by atoms with Crippen LogP contribution < -0.4 is 4.74 Å². The summed E-state index contributed by atoms with van der Waals surface area (Å²) in [5.74, 6) is -0.0723. The van der Waals surface area contributed by atoms with Gasteiger partial charge in [-0.25, -0.2) is 14.6 Å². The molecule has 4 rings (SSSR count). The normalized spacial score (nSPS) is 11.2. The monoisotopic (exact) mass is 566 g/mol. The number of benzene rings is 3. The quantitative estimate of drug-likeness (QED) is 0.171. The van der Waals surface area contributed by atoms with Crippen molar-refractivity contribution >= 4 is 11.9 Å².